The van der Waals surface area contributed by atoms with Crippen LogP contribution in [0.2, 0.25) is 0 Å². The summed E-state index contributed by atoms with van der Waals surface area (Å²) in [5.74, 6) is 0.824. The normalized spacial score (nSPS) is 11.0. The number of nitriles is 1. The molecule has 0 radical (unpaired) electrons. The first-order chi connectivity index (χ1) is 13.2. The molecule has 9 heteroatoms. The first kappa shape index (κ1) is 21.6. The van der Waals surface area contributed by atoms with Crippen molar-refractivity contribution in [2.75, 3.05) is 18.2 Å². The summed E-state index contributed by atoms with van der Waals surface area (Å²) in [7, 11) is 1.55. The molecular weight excluding hydrogens is 391 g/mol. The maximum atomic E-state index is 13.1. The maximum Gasteiger partial charge on any atom is 0.417 e. The van der Waals surface area contributed by atoms with Crippen molar-refractivity contribution in [3.8, 4) is 11.8 Å². The van der Waals surface area contributed by atoms with Gasteiger partial charge in [0.25, 0.3) is 0 Å². The molecule has 0 spiro atoms. The quantitative estimate of drug-likeness (QED) is 0.525. The Bertz CT molecular complexity index is 878. The summed E-state index contributed by atoms with van der Waals surface area (Å²) in [4.78, 5) is 16.0. The van der Waals surface area contributed by atoms with E-state index in [2.05, 4.69) is 10.3 Å². The molecule has 0 fully saturated rings. The molecule has 1 amide bonds. The highest BCUT2D eigenvalue weighted by Gasteiger charge is 2.35. The third-order valence-electron chi connectivity index (χ3n) is 3.69. The minimum absolute atomic E-state index is 0.0328. The molecule has 1 heterocycles. The summed E-state index contributed by atoms with van der Waals surface area (Å²) >= 11 is 1.04. The molecule has 28 heavy (non-hydrogen) atoms. The van der Waals surface area contributed by atoms with Gasteiger partial charge in [-0.2, -0.15) is 18.4 Å². The van der Waals surface area contributed by atoms with Crippen molar-refractivity contribution in [2.45, 2.75) is 31.0 Å². The van der Waals surface area contributed by atoms with Crippen molar-refractivity contribution >= 4 is 23.4 Å². The molecule has 0 aliphatic carbocycles. The summed E-state index contributed by atoms with van der Waals surface area (Å²) in [5, 5.41) is 11.9. The molecule has 1 N–H and O–H groups in total. The molecule has 1 aromatic heterocycles. The Balaban J connectivity index is 1.92. The topological polar surface area (TPSA) is 75.0 Å². The van der Waals surface area contributed by atoms with Gasteiger partial charge in [0.2, 0.25) is 5.91 Å². The average molecular weight is 409 g/mol. The van der Waals surface area contributed by atoms with Crippen LogP contribution in [0, 0.1) is 18.3 Å². The van der Waals surface area contributed by atoms with Crippen LogP contribution in [0.15, 0.2) is 35.4 Å². The van der Waals surface area contributed by atoms with E-state index in [1.54, 1.807) is 37.4 Å². The SMILES string of the molecule is COc1ccc(NC(=O)CCCSc2nc(C)cc(C(F)(F)F)c2C#N)cc1. The molecule has 0 unspecified atom stereocenters. The van der Waals surface area contributed by atoms with Gasteiger partial charge in [0.05, 0.1) is 18.2 Å². The highest BCUT2D eigenvalue weighted by atomic mass is 32.2. The number of carbonyl (C=O) groups is 1. The molecule has 0 atom stereocenters. The number of hydrogen-bond donors (Lipinski definition) is 1. The number of benzene rings is 1. The number of halogens is 3. The lowest BCUT2D eigenvalue weighted by Gasteiger charge is -2.12. The van der Waals surface area contributed by atoms with Crippen LogP contribution in [0.25, 0.3) is 0 Å². The van der Waals surface area contributed by atoms with Gasteiger partial charge in [-0.1, -0.05) is 0 Å². The van der Waals surface area contributed by atoms with Crippen molar-refractivity contribution < 1.29 is 22.7 Å². The molecule has 1 aromatic carbocycles. The Morgan fingerprint density at radius 3 is 2.57 bits per heavy atom. The molecule has 0 saturated carbocycles. The number of hydrogen-bond acceptors (Lipinski definition) is 5. The van der Waals surface area contributed by atoms with E-state index in [0.717, 1.165) is 17.8 Å². The van der Waals surface area contributed by atoms with Gasteiger partial charge in [-0.25, -0.2) is 4.98 Å². The molecule has 148 valence electrons. The van der Waals surface area contributed by atoms with Crippen molar-refractivity contribution in [3.05, 3.63) is 47.2 Å². The lowest BCUT2D eigenvalue weighted by Crippen LogP contribution is -2.12. The monoisotopic (exact) mass is 409 g/mol. The van der Waals surface area contributed by atoms with Crippen LogP contribution in [-0.2, 0) is 11.0 Å². The Kier molecular flexibility index (Phi) is 7.29. The zero-order chi connectivity index (χ0) is 20.7. The van der Waals surface area contributed by atoms with Crippen molar-refractivity contribution in [2.24, 2.45) is 0 Å². The predicted octanol–water partition coefficient (Wildman–Crippen LogP) is 4.80. The third kappa shape index (κ3) is 5.89. The lowest BCUT2D eigenvalue weighted by molar-refractivity contribution is -0.138. The molecule has 0 aliphatic rings. The smallest absolute Gasteiger partial charge is 0.417 e. The minimum Gasteiger partial charge on any atom is -0.497 e. The fourth-order valence-electron chi connectivity index (χ4n) is 2.38. The van der Waals surface area contributed by atoms with E-state index in [-0.39, 0.29) is 23.0 Å². The fourth-order valence-corrected chi connectivity index (χ4v) is 3.37. The molecule has 0 bridgehead atoms. The Morgan fingerprint density at radius 2 is 2.00 bits per heavy atom. The van der Waals surface area contributed by atoms with E-state index in [0.29, 0.717) is 23.6 Å². The predicted molar refractivity (Wildman–Crippen MR) is 100 cm³/mol. The number of nitrogens with one attached hydrogen (secondary N) is 1. The van der Waals surface area contributed by atoms with Crippen molar-refractivity contribution in [1.82, 2.24) is 4.98 Å². The number of thioether (sulfide) groups is 1. The molecule has 2 rings (SSSR count). The van der Waals surface area contributed by atoms with Crippen LogP contribution in [-0.4, -0.2) is 23.8 Å². The van der Waals surface area contributed by atoms with E-state index in [9.17, 15) is 18.0 Å². The van der Waals surface area contributed by atoms with Crippen LogP contribution in [0.3, 0.4) is 0 Å². The first-order valence-electron chi connectivity index (χ1n) is 8.30. The average Bonchev–Trinajstić information content (AvgIpc) is 2.64. The highest BCUT2D eigenvalue weighted by molar-refractivity contribution is 7.99. The summed E-state index contributed by atoms with van der Waals surface area (Å²) in [6.45, 7) is 1.45. The summed E-state index contributed by atoms with van der Waals surface area (Å²) in [6.07, 6.45) is -4.00. The third-order valence-corrected chi connectivity index (χ3v) is 4.75. The van der Waals surface area contributed by atoms with Gasteiger partial charge < -0.3 is 10.1 Å². The highest BCUT2D eigenvalue weighted by Crippen LogP contribution is 2.36. The standard InChI is InChI=1S/C19H18F3N3O2S/c1-12-10-16(19(20,21)22)15(11-23)18(24-12)28-9-3-4-17(26)25-13-5-7-14(27-2)8-6-13/h5-8,10H,3-4,9H2,1-2H3,(H,25,26). The van der Waals surface area contributed by atoms with Gasteiger partial charge in [0.15, 0.2) is 0 Å². The lowest BCUT2D eigenvalue weighted by atomic mass is 10.1. The first-order valence-corrected chi connectivity index (χ1v) is 9.28. The van der Waals surface area contributed by atoms with Crippen LogP contribution >= 0.6 is 11.8 Å². The fraction of sp³-hybridized carbons (Fsp3) is 0.316. The Hall–Kier alpha value is -2.73. The van der Waals surface area contributed by atoms with Gasteiger partial charge >= 0.3 is 6.18 Å². The number of aromatic nitrogens is 1. The number of methoxy groups -OCH3 is 1. The summed E-state index contributed by atoms with van der Waals surface area (Å²) < 4.78 is 44.3. The number of alkyl halides is 3. The number of nitrogens with zero attached hydrogens (tertiary/aromatic N) is 2. The molecule has 0 saturated heterocycles. The van der Waals surface area contributed by atoms with Crippen LogP contribution in [0.4, 0.5) is 18.9 Å². The summed E-state index contributed by atoms with van der Waals surface area (Å²) in [5.41, 5.74) is -0.653. The number of amides is 1. The largest absolute Gasteiger partial charge is 0.497 e. The van der Waals surface area contributed by atoms with Gasteiger partial charge in [-0.3, -0.25) is 4.79 Å². The van der Waals surface area contributed by atoms with E-state index in [1.807, 2.05) is 0 Å². The Morgan fingerprint density at radius 1 is 1.32 bits per heavy atom. The zero-order valence-electron chi connectivity index (χ0n) is 15.3. The van der Waals surface area contributed by atoms with E-state index >= 15 is 0 Å². The number of rotatable bonds is 7. The van der Waals surface area contributed by atoms with Crippen LogP contribution in [0.1, 0.15) is 29.7 Å². The summed E-state index contributed by atoms with van der Waals surface area (Å²) in [6, 6.07) is 9.32. The van der Waals surface area contributed by atoms with E-state index in [4.69, 9.17) is 10.00 Å². The van der Waals surface area contributed by atoms with Gasteiger partial charge in [0, 0.05) is 23.6 Å². The second-order valence-electron chi connectivity index (χ2n) is 5.83. The van der Waals surface area contributed by atoms with Crippen molar-refractivity contribution in [1.29, 1.82) is 5.26 Å². The van der Waals surface area contributed by atoms with E-state index < -0.39 is 17.3 Å². The number of anilines is 1. The van der Waals surface area contributed by atoms with E-state index in [1.165, 1.54) is 6.92 Å². The van der Waals surface area contributed by atoms with Crippen molar-refractivity contribution in [3.63, 3.8) is 0 Å². The molecule has 0 aliphatic heterocycles. The number of carbonyl (C=O) groups excluding carboxylic acids is 1. The van der Waals surface area contributed by atoms with Crippen LogP contribution in [0.5, 0.6) is 5.75 Å². The Labute approximate surface area is 164 Å². The number of ether oxygens (including phenoxy) is 1. The maximum absolute atomic E-state index is 13.1. The zero-order valence-corrected chi connectivity index (χ0v) is 16.1. The van der Waals surface area contributed by atoms with Gasteiger partial charge in [-0.15, -0.1) is 11.8 Å². The second-order valence-corrected chi connectivity index (χ2v) is 6.91. The molecular formula is C19H18F3N3O2S. The van der Waals surface area contributed by atoms with Crippen LogP contribution < -0.4 is 10.1 Å². The van der Waals surface area contributed by atoms with Gasteiger partial charge in [0.1, 0.15) is 16.8 Å². The minimum atomic E-state index is -4.62. The second kappa shape index (κ2) is 9.46. The van der Waals surface area contributed by atoms with Gasteiger partial charge in [-0.05, 0) is 43.7 Å². The molecule has 5 nitrogen and oxygen atoms in total. The number of pyridine rings is 1. The number of aryl methyl sites for hydroxylation is 1. The molecule has 2 aromatic rings.